The lowest BCUT2D eigenvalue weighted by molar-refractivity contribution is -0.137. The van der Waals surface area contributed by atoms with Crippen LogP contribution in [-0.2, 0) is 28.7 Å². The second-order valence-electron chi connectivity index (χ2n) is 10.2. The van der Waals surface area contributed by atoms with Crippen LogP contribution in [0.25, 0.3) is 0 Å². The van der Waals surface area contributed by atoms with Crippen molar-refractivity contribution in [2.24, 2.45) is 17.6 Å². The number of amides is 5. The third-order valence-corrected chi connectivity index (χ3v) is 6.29. The number of hydrogen-bond acceptors (Lipinski definition) is 8. The molecule has 0 saturated carbocycles. The predicted octanol–water partition coefficient (Wildman–Crippen LogP) is 0.832. The van der Waals surface area contributed by atoms with Crippen LogP contribution in [-0.4, -0.2) is 85.7 Å². The number of primary amides is 1. The molecule has 1 aliphatic rings. The van der Waals surface area contributed by atoms with Crippen LogP contribution in [0.2, 0.25) is 0 Å². The number of carbonyl (C=O) groups excluding carboxylic acids is 6. The van der Waals surface area contributed by atoms with Gasteiger partial charge in [0.2, 0.25) is 5.91 Å². The van der Waals surface area contributed by atoms with Gasteiger partial charge in [-0.1, -0.05) is 20.8 Å². The number of Topliss-reactive ketones (excluding diaryl/α,β-unsaturated/α-hetero) is 2. The molecule has 0 spiro atoms. The molecule has 0 radical (unpaired) electrons. The molecule has 2 atom stereocenters. The summed E-state index contributed by atoms with van der Waals surface area (Å²) in [5.74, 6) is -0.567. The van der Waals surface area contributed by atoms with Crippen molar-refractivity contribution in [3.05, 3.63) is 12.2 Å². The van der Waals surface area contributed by atoms with E-state index in [1.165, 1.54) is 12.2 Å². The van der Waals surface area contributed by atoms with Crippen molar-refractivity contribution < 1.29 is 33.5 Å². The Morgan fingerprint density at radius 2 is 1.59 bits per heavy atom. The van der Waals surface area contributed by atoms with E-state index < -0.39 is 17.8 Å². The lowest BCUT2D eigenvalue weighted by atomic mass is 9.91. The molecule has 39 heavy (non-hydrogen) atoms. The van der Waals surface area contributed by atoms with Gasteiger partial charge in [0.1, 0.15) is 11.6 Å². The van der Waals surface area contributed by atoms with Crippen molar-refractivity contribution in [1.29, 1.82) is 0 Å². The summed E-state index contributed by atoms with van der Waals surface area (Å²) < 4.78 is 5.41. The molecular weight excluding hydrogens is 506 g/mol. The molecule has 0 bridgehead atoms. The van der Waals surface area contributed by atoms with Gasteiger partial charge in [-0.25, -0.2) is 4.79 Å². The number of ether oxygens (including phenoxy) is 1. The van der Waals surface area contributed by atoms with Crippen molar-refractivity contribution in [3.8, 4) is 0 Å². The highest BCUT2D eigenvalue weighted by Gasteiger charge is 2.24. The summed E-state index contributed by atoms with van der Waals surface area (Å²) in [5, 5.41) is 8.50. The van der Waals surface area contributed by atoms with E-state index in [0.717, 1.165) is 17.7 Å². The quantitative estimate of drug-likeness (QED) is 0.113. The van der Waals surface area contributed by atoms with Crippen molar-refractivity contribution >= 4 is 35.3 Å². The Morgan fingerprint density at radius 3 is 2.23 bits per heavy atom. The maximum absolute atomic E-state index is 12.8. The first-order valence-electron chi connectivity index (χ1n) is 13.7. The first kappa shape index (κ1) is 33.9. The van der Waals surface area contributed by atoms with Gasteiger partial charge in [-0.15, -0.1) is 0 Å². The van der Waals surface area contributed by atoms with Gasteiger partial charge < -0.3 is 26.4 Å². The Hall–Kier alpha value is -3.12. The summed E-state index contributed by atoms with van der Waals surface area (Å²) in [6, 6.07) is -0.809. The number of urea groups is 1. The largest absolute Gasteiger partial charge is 0.379 e. The lowest BCUT2D eigenvalue weighted by Crippen LogP contribution is -2.42. The number of ketones is 2. The molecule has 0 aliphatic carbocycles. The third kappa shape index (κ3) is 15.2. The molecule has 1 aliphatic heterocycles. The van der Waals surface area contributed by atoms with Crippen molar-refractivity contribution in [3.63, 3.8) is 0 Å². The molecule has 1 rings (SSSR count). The van der Waals surface area contributed by atoms with E-state index in [0.29, 0.717) is 32.4 Å². The van der Waals surface area contributed by atoms with E-state index in [1.54, 1.807) is 0 Å². The van der Waals surface area contributed by atoms with E-state index in [9.17, 15) is 28.8 Å². The van der Waals surface area contributed by atoms with Gasteiger partial charge in [-0.2, -0.15) is 0 Å². The molecular formula is C27H45N5O7. The molecule has 220 valence electrons. The SMILES string of the molecule is CC(C)[C@H](NCCCC(=O)CCOCCNC(=O)CCN1C(=O)C=CC1=O)C(=O)C[C@H](C)CCCNC(N)=O. The Kier molecular flexibility index (Phi) is 16.5. The van der Waals surface area contributed by atoms with Crippen LogP contribution in [0.1, 0.15) is 65.7 Å². The minimum Gasteiger partial charge on any atom is -0.379 e. The average molecular weight is 552 g/mol. The Morgan fingerprint density at radius 1 is 0.897 bits per heavy atom. The molecule has 1 heterocycles. The fourth-order valence-electron chi connectivity index (χ4n) is 4.13. The first-order valence-corrected chi connectivity index (χ1v) is 13.7. The Balaban J connectivity index is 2.10. The molecule has 0 saturated heterocycles. The number of imide groups is 1. The zero-order chi connectivity index (χ0) is 29.2. The molecule has 12 heteroatoms. The molecule has 5 amide bonds. The lowest BCUT2D eigenvalue weighted by Gasteiger charge is -2.23. The average Bonchev–Trinajstić information content (AvgIpc) is 3.18. The Bertz CT molecular complexity index is 857. The topological polar surface area (TPSA) is 177 Å². The summed E-state index contributed by atoms with van der Waals surface area (Å²) in [5.41, 5.74) is 5.05. The van der Waals surface area contributed by atoms with Crippen LogP contribution in [0.5, 0.6) is 0 Å². The number of carbonyl (C=O) groups is 6. The minimum absolute atomic E-state index is 0.0180. The number of nitrogens with two attached hydrogens (primary N) is 1. The highest BCUT2D eigenvalue weighted by atomic mass is 16.5. The predicted molar refractivity (Wildman–Crippen MR) is 145 cm³/mol. The maximum atomic E-state index is 12.8. The van der Waals surface area contributed by atoms with Crippen LogP contribution in [0.4, 0.5) is 4.79 Å². The summed E-state index contributed by atoms with van der Waals surface area (Å²) in [7, 11) is 0. The standard InChI is InChI=1S/C27H45N5O7/c1-19(2)26(22(34)18-20(3)6-4-13-31-27(28)38)30-12-5-7-21(33)11-16-39-17-14-29-23(35)10-15-32-24(36)8-9-25(32)37/h8-9,19-20,26,30H,4-7,10-18H2,1-3H3,(H,29,35)(H3,28,31,38)/t20-,26+/m1/s1. The van der Waals surface area contributed by atoms with Gasteiger partial charge >= 0.3 is 6.03 Å². The highest BCUT2D eigenvalue weighted by molar-refractivity contribution is 6.13. The van der Waals surface area contributed by atoms with Crippen molar-refractivity contribution in [2.45, 2.75) is 71.8 Å². The first-order chi connectivity index (χ1) is 18.5. The van der Waals surface area contributed by atoms with Gasteiger partial charge in [0.25, 0.3) is 11.8 Å². The van der Waals surface area contributed by atoms with Crippen LogP contribution in [0.15, 0.2) is 12.2 Å². The second-order valence-corrected chi connectivity index (χ2v) is 10.2. The second kappa shape index (κ2) is 19.0. The number of nitrogens with one attached hydrogen (secondary N) is 3. The van der Waals surface area contributed by atoms with Gasteiger partial charge in [-0.05, 0) is 37.6 Å². The molecule has 0 unspecified atom stereocenters. The zero-order valence-corrected chi connectivity index (χ0v) is 23.5. The van der Waals surface area contributed by atoms with Crippen molar-refractivity contribution in [1.82, 2.24) is 20.9 Å². The van der Waals surface area contributed by atoms with Crippen LogP contribution in [0.3, 0.4) is 0 Å². The zero-order valence-electron chi connectivity index (χ0n) is 23.5. The van der Waals surface area contributed by atoms with Gasteiger partial charge in [-0.3, -0.25) is 28.9 Å². The fraction of sp³-hybridized carbons (Fsp3) is 0.704. The fourth-order valence-corrected chi connectivity index (χ4v) is 4.13. The molecule has 0 aromatic rings. The van der Waals surface area contributed by atoms with E-state index in [-0.39, 0.29) is 74.5 Å². The summed E-state index contributed by atoms with van der Waals surface area (Å²) >= 11 is 0. The summed E-state index contributed by atoms with van der Waals surface area (Å²) in [4.78, 5) is 71.3. The van der Waals surface area contributed by atoms with Crippen LogP contribution >= 0.6 is 0 Å². The normalized spacial score (nSPS) is 14.5. The van der Waals surface area contributed by atoms with Crippen molar-refractivity contribution in [2.75, 3.05) is 39.4 Å². The van der Waals surface area contributed by atoms with E-state index in [2.05, 4.69) is 16.0 Å². The molecule has 0 aromatic heterocycles. The smallest absolute Gasteiger partial charge is 0.312 e. The maximum Gasteiger partial charge on any atom is 0.312 e. The molecule has 12 nitrogen and oxygen atoms in total. The van der Waals surface area contributed by atoms with Crippen LogP contribution in [0, 0.1) is 11.8 Å². The number of nitrogens with zero attached hydrogens (tertiary/aromatic N) is 1. The Labute approximate surface area is 230 Å². The highest BCUT2D eigenvalue weighted by Crippen LogP contribution is 2.15. The van der Waals surface area contributed by atoms with Gasteiger partial charge in [0.05, 0.1) is 19.3 Å². The summed E-state index contributed by atoms with van der Waals surface area (Å²) in [6.45, 7) is 7.88. The third-order valence-electron chi connectivity index (χ3n) is 6.29. The number of hydrogen-bond donors (Lipinski definition) is 4. The minimum atomic E-state index is -0.543. The molecule has 0 fully saturated rings. The molecule has 0 aromatic carbocycles. The molecule has 5 N–H and O–H groups in total. The monoisotopic (exact) mass is 551 g/mol. The van der Waals surface area contributed by atoms with Crippen LogP contribution < -0.4 is 21.7 Å². The van der Waals surface area contributed by atoms with E-state index in [4.69, 9.17) is 10.5 Å². The van der Waals surface area contributed by atoms with Gasteiger partial charge in [0, 0.05) is 57.5 Å². The van der Waals surface area contributed by atoms with Gasteiger partial charge in [0.15, 0.2) is 0 Å². The van der Waals surface area contributed by atoms with E-state index >= 15 is 0 Å². The number of rotatable bonds is 22. The summed E-state index contributed by atoms with van der Waals surface area (Å²) in [6.07, 6.45) is 5.70. The van der Waals surface area contributed by atoms with E-state index in [1.807, 2.05) is 20.8 Å².